The lowest BCUT2D eigenvalue weighted by atomic mass is 9.92. The third-order valence-electron chi connectivity index (χ3n) is 6.08. The van der Waals surface area contributed by atoms with Crippen molar-refractivity contribution in [2.45, 2.75) is 50.9 Å². The van der Waals surface area contributed by atoms with Crippen LogP contribution in [0.4, 0.5) is 22.4 Å². The molecule has 0 atom stereocenters. The topological polar surface area (TPSA) is 38.8 Å². The fraction of sp³-hybridized carbons (Fsp3) is 0.435. The molecule has 4 rings (SSSR count). The van der Waals surface area contributed by atoms with Crippen molar-refractivity contribution >= 4 is 6.09 Å². The molecule has 31 heavy (non-hydrogen) atoms. The minimum Gasteiger partial charge on any atom is -0.496 e. The van der Waals surface area contributed by atoms with Crippen molar-refractivity contribution in [3.05, 3.63) is 52.8 Å². The molecule has 166 valence electrons. The van der Waals surface area contributed by atoms with E-state index in [-0.39, 0.29) is 24.8 Å². The van der Waals surface area contributed by atoms with Crippen LogP contribution >= 0.6 is 0 Å². The van der Waals surface area contributed by atoms with E-state index in [0.29, 0.717) is 22.3 Å². The summed E-state index contributed by atoms with van der Waals surface area (Å²) >= 11 is 0. The number of rotatable bonds is 5. The average molecular weight is 437 g/mol. The second-order valence-corrected chi connectivity index (χ2v) is 8.46. The van der Waals surface area contributed by atoms with Gasteiger partial charge >= 0.3 is 12.3 Å². The molecule has 0 unspecified atom stereocenters. The molecule has 2 fully saturated rings. The van der Waals surface area contributed by atoms with Gasteiger partial charge < -0.3 is 9.47 Å². The van der Waals surface area contributed by atoms with Gasteiger partial charge in [0.15, 0.2) is 0 Å². The number of benzene rings is 2. The third-order valence-corrected chi connectivity index (χ3v) is 6.08. The highest BCUT2D eigenvalue weighted by Gasteiger charge is 2.56. The first-order valence-electron chi connectivity index (χ1n) is 10.1. The van der Waals surface area contributed by atoms with Crippen molar-refractivity contribution in [3.8, 4) is 16.9 Å². The minimum atomic E-state index is -4.54. The Balaban J connectivity index is 1.86. The Labute approximate surface area is 177 Å². The van der Waals surface area contributed by atoms with Crippen LogP contribution in [0.1, 0.15) is 49.3 Å². The van der Waals surface area contributed by atoms with Gasteiger partial charge in [0.05, 0.1) is 24.8 Å². The molecule has 1 spiro atoms. The third kappa shape index (κ3) is 3.83. The molecule has 1 heterocycles. The predicted octanol–water partition coefficient (Wildman–Crippen LogP) is 6.13. The van der Waals surface area contributed by atoms with Gasteiger partial charge in [0.2, 0.25) is 0 Å². The molecule has 1 aliphatic heterocycles. The summed E-state index contributed by atoms with van der Waals surface area (Å²) in [4.78, 5) is 13.8. The summed E-state index contributed by atoms with van der Waals surface area (Å²) in [6.45, 7) is 3.88. The van der Waals surface area contributed by atoms with E-state index in [1.807, 2.05) is 13.8 Å². The average Bonchev–Trinajstić information content (AvgIpc) is 3.43. The van der Waals surface area contributed by atoms with Gasteiger partial charge in [-0.15, -0.1) is 0 Å². The van der Waals surface area contributed by atoms with Crippen molar-refractivity contribution in [2.75, 3.05) is 13.7 Å². The summed E-state index contributed by atoms with van der Waals surface area (Å²) in [7, 11) is 1.38. The summed E-state index contributed by atoms with van der Waals surface area (Å²) in [6.07, 6.45) is -3.56. The highest BCUT2D eigenvalue weighted by atomic mass is 19.4. The molecule has 2 aromatic rings. The fourth-order valence-corrected chi connectivity index (χ4v) is 4.06. The van der Waals surface area contributed by atoms with E-state index in [9.17, 15) is 22.4 Å². The van der Waals surface area contributed by atoms with Crippen LogP contribution in [0.3, 0.4) is 0 Å². The van der Waals surface area contributed by atoms with Crippen molar-refractivity contribution < 1.29 is 31.8 Å². The number of cyclic esters (lactones) is 1. The highest BCUT2D eigenvalue weighted by molar-refractivity contribution is 5.77. The SMILES string of the molecule is COc1cc(F)c(C(C)C)cc1-c1ccc(C(F)(F)F)cc1CN1C(=O)OCC12CC2. The molecule has 0 radical (unpaired) electrons. The van der Waals surface area contributed by atoms with Crippen LogP contribution in [0.25, 0.3) is 11.1 Å². The number of carbonyl (C=O) groups is 1. The lowest BCUT2D eigenvalue weighted by Gasteiger charge is -2.24. The van der Waals surface area contributed by atoms with E-state index in [1.165, 1.54) is 24.1 Å². The Morgan fingerprint density at radius 1 is 1.16 bits per heavy atom. The molecule has 0 bridgehead atoms. The van der Waals surface area contributed by atoms with Crippen LogP contribution in [0.5, 0.6) is 5.75 Å². The first-order valence-corrected chi connectivity index (χ1v) is 10.1. The maximum Gasteiger partial charge on any atom is 0.416 e. The normalized spacial score (nSPS) is 17.4. The second kappa shape index (κ2) is 7.43. The number of hydrogen-bond donors (Lipinski definition) is 0. The standard InChI is InChI=1S/C23H23F4NO3/c1-13(2)17-9-18(20(30-3)10-19(17)24)16-5-4-15(23(25,26)27)8-14(16)11-28-21(29)31-12-22(28)6-7-22/h4-5,8-10,13H,6-7,11-12H2,1-3H3. The minimum absolute atomic E-state index is 0.0321. The van der Waals surface area contributed by atoms with Gasteiger partial charge in [-0.1, -0.05) is 19.9 Å². The molecular weight excluding hydrogens is 414 g/mol. The van der Waals surface area contributed by atoms with E-state index in [1.54, 1.807) is 6.07 Å². The Kier molecular flexibility index (Phi) is 5.14. The summed E-state index contributed by atoms with van der Waals surface area (Å²) in [6, 6.07) is 6.26. The Morgan fingerprint density at radius 2 is 1.87 bits per heavy atom. The molecule has 0 N–H and O–H groups in total. The number of hydrogen-bond acceptors (Lipinski definition) is 3. The summed E-state index contributed by atoms with van der Waals surface area (Å²) in [5.41, 5.74) is 0.434. The fourth-order valence-electron chi connectivity index (χ4n) is 4.06. The Morgan fingerprint density at radius 3 is 2.45 bits per heavy atom. The van der Waals surface area contributed by atoms with Gasteiger partial charge in [0.25, 0.3) is 0 Å². The van der Waals surface area contributed by atoms with Crippen LogP contribution in [0.2, 0.25) is 0 Å². The monoisotopic (exact) mass is 437 g/mol. The van der Waals surface area contributed by atoms with Gasteiger partial charge in [-0.3, -0.25) is 4.90 Å². The zero-order valence-corrected chi connectivity index (χ0v) is 17.5. The van der Waals surface area contributed by atoms with Crippen LogP contribution in [-0.2, 0) is 17.5 Å². The van der Waals surface area contributed by atoms with Gasteiger partial charge in [0, 0.05) is 11.6 Å². The molecule has 2 aromatic carbocycles. The van der Waals surface area contributed by atoms with Gasteiger partial charge in [-0.05, 0) is 53.6 Å². The molecule has 1 saturated carbocycles. The smallest absolute Gasteiger partial charge is 0.416 e. The summed E-state index contributed by atoms with van der Waals surface area (Å²) in [5.74, 6) is -0.358. The largest absolute Gasteiger partial charge is 0.496 e. The Hall–Kier alpha value is -2.77. The molecule has 1 aliphatic carbocycles. The van der Waals surface area contributed by atoms with E-state index in [0.717, 1.165) is 25.0 Å². The van der Waals surface area contributed by atoms with Crippen LogP contribution < -0.4 is 4.74 Å². The number of ether oxygens (including phenoxy) is 2. The number of amides is 1. The van der Waals surface area contributed by atoms with E-state index < -0.39 is 29.2 Å². The van der Waals surface area contributed by atoms with E-state index >= 15 is 0 Å². The zero-order valence-electron chi connectivity index (χ0n) is 17.5. The molecule has 1 saturated heterocycles. The first-order chi connectivity index (χ1) is 14.6. The summed E-state index contributed by atoms with van der Waals surface area (Å²) in [5, 5.41) is 0. The lowest BCUT2D eigenvalue weighted by molar-refractivity contribution is -0.137. The number of nitrogens with zero attached hydrogens (tertiary/aromatic N) is 1. The van der Waals surface area contributed by atoms with Gasteiger partial charge in [0.1, 0.15) is 18.2 Å². The number of carbonyl (C=O) groups excluding carboxylic acids is 1. The second-order valence-electron chi connectivity index (χ2n) is 8.46. The summed E-state index contributed by atoms with van der Waals surface area (Å²) < 4.78 is 65.3. The number of alkyl halides is 3. The van der Waals surface area contributed by atoms with Crippen LogP contribution in [0.15, 0.2) is 30.3 Å². The maximum atomic E-state index is 14.5. The molecule has 2 aliphatic rings. The zero-order chi connectivity index (χ0) is 22.6. The molecule has 0 aromatic heterocycles. The van der Waals surface area contributed by atoms with Crippen molar-refractivity contribution in [3.63, 3.8) is 0 Å². The quantitative estimate of drug-likeness (QED) is 0.529. The van der Waals surface area contributed by atoms with Crippen molar-refractivity contribution in [1.29, 1.82) is 0 Å². The van der Waals surface area contributed by atoms with Gasteiger partial charge in [-0.25, -0.2) is 9.18 Å². The predicted molar refractivity (Wildman–Crippen MR) is 106 cm³/mol. The Bertz CT molecular complexity index is 1030. The van der Waals surface area contributed by atoms with Crippen LogP contribution in [0, 0.1) is 5.82 Å². The van der Waals surface area contributed by atoms with Crippen molar-refractivity contribution in [2.24, 2.45) is 0 Å². The number of halogens is 4. The molecule has 4 nitrogen and oxygen atoms in total. The molecule has 8 heteroatoms. The lowest BCUT2D eigenvalue weighted by Crippen LogP contribution is -2.34. The van der Waals surface area contributed by atoms with E-state index in [4.69, 9.17) is 9.47 Å². The van der Waals surface area contributed by atoms with Crippen molar-refractivity contribution in [1.82, 2.24) is 4.90 Å². The maximum absolute atomic E-state index is 14.5. The first kappa shape index (κ1) is 21.5. The van der Waals surface area contributed by atoms with Gasteiger partial charge in [-0.2, -0.15) is 13.2 Å². The number of methoxy groups -OCH3 is 1. The molecule has 1 amide bonds. The van der Waals surface area contributed by atoms with E-state index in [2.05, 4.69) is 0 Å². The molecular formula is C23H23F4NO3. The highest BCUT2D eigenvalue weighted by Crippen LogP contribution is 2.48. The van der Waals surface area contributed by atoms with Crippen LogP contribution in [-0.4, -0.2) is 30.2 Å².